The van der Waals surface area contributed by atoms with E-state index < -0.39 is 0 Å². The molecular formula is C25H23BrClNO3. The molecule has 0 unspecified atom stereocenters. The maximum Gasteiger partial charge on any atom is 0.248 e. The highest BCUT2D eigenvalue weighted by atomic mass is 79.9. The first-order valence-electron chi connectivity index (χ1n) is 9.81. The van der Waals surface area contributed by atoms with E-state index in [1.807, 2.05) is 60.7 Å². The van der Waals surface area contributed by atoms with Gasteiger partial charge in [-0.05, 0) is 81.5 Å². The van der Waals surface area contributed by atoms with Gasteiger partial charge in [-0.3, -0.25) is 4.79 Å². The van der Waals surface area contributed by atoms with Gasteiger partial charge in [0.2, 0.25) is 5.91 Å². The standard InChI is InChI=1S/C25H23BrClNO3/c1-3-17-6-11-22(21(26)14-17)28-25(29)13-8-18-7-12-23(24(15-18)30-2)31-16-19-4-9-20(27)10-5-19/h4-15H,3,16H2,1-2H3,(H,28,29)/b13-8+. The quantitative estimate of drug-likeness (QED) is 0.342. The molecule has 0 aliphatic rings. The number of carbonyl (C=O) groups is 1. The number of amides is 1. The van der Waals surface area contributed by atoms with Crippen molar-refractivity contribution in [3.8, 4) is 11.5 Å². The van der Waals surface area contributed by atoms with Gasteiger partial charge in [0.05, 0.1) is 12.8 Å². The van der Waals surface area contributed by atoms with Crippen molar-refractivity contribution in [2.45, 2.75) is 20.0 Å². The minimum absolute atomic E-state index is 0.216. The van der Waals surface area contributed by atoms with Crippen LogP contribution in [0.1, 0.15) is 23.6 Å². The molecule has 3 rings (SSSR count). The third kappa shape index (κ3) is 6.61. The monoisotopic (exact) mass is 499 g/mol. The molecule has 0 aromatic heterocycles. The lowest BCUT2D eigenvalue weighted by atomic mass is 10.1. The zero-order valence-electron chi connectivity index (χ0n) is 17.3. The third-order valence-corrected chi connectivity index (χ3v) is 5.53. The Morgan fingerprint density at radius 1 is 1.03 bits per heavy atom. The summed E-state index contributed by atoms with van der Waals surface area (Å²) < 4.78 is 12.2. The van der Waals surface area contributed by atoms with Crippen molar-refractivity contribution < 1.29 is 14.3 Å². The molecule has 0 saturated heterocycles. The van der Waals surface area contributed by atoms with Gasteiger partial charge in [-0.2, -0.15) is 0 Å². The molecule has 3 aromatic carbocycles. The number of methoxy groups -OCH3 is 1. The van der Waals surface area contributed by atoms with Crippen LogP contribution >= 0.6 is 27.5 Å². The summed E-state index contributed by atoms with van der Waals surface area (Å²) in [5.41, 5.74) is 3.76. The fraction of sp³-hybridized carbons (Fsp3) is 0.160. The molecule has 0 heterocycles. The summed E-state index contributed by atoms with van der Waals surface area (Å²) in [4.78, 5) is 12.3. The molecule has 0 atom stereocenters. The van der Waals surface area contributed by atoms with Crippen molar-refractivity contribution >= 4 is 45.2 Å². The van der Waals surface area contributed by atoms with Crippen LogP contribution in [0, 0.1) is 0 Å². The molecule has 4 nitrogen and oxygen atoms in total. The average molecular weight is 501 g/mol. The van der Waals surface area contributed by atoms with E-state index in [-0.39, 0.29) is 5.91 Å². The fourth-order valence-electron chi connectivity index (χ4n) is 2.88. The van der Waals surface area contributed by atoms with Gasteiger partial charge >= 0.3 is 0 Å². The first-order valence-corrected chi connectivity index (χ1v) is 11.0. The van der Waals surface area contributed by atoms with Crippen LogP contribution in [0.15, 0.2) is 71.2 Å². The Morgan fingerprint density at radius 2 is 1.77 bits per heavy atom. The number of hydrogen-bond acceptors (Lipinski definition) is 3. The molecular weight excluding hydrogens is 478 g/mol. The highest BCUT2D eigenvalue weighted by molar-refractivity contribution is 9.10. The third-order valence-electron chi connectivity index (χ3n) is 4.62. The van der Waals surface area contributed by atoms with Crippen LogP contribution in [-0.4, -0.2) is 13.0 Å². The maximum atomic E-state index is 12.3. The highest BCUT2D eigenvalue weighted by Gasteiger charge is 2.07. The molecule has 0 aliphatic carbocycles. The number of halogens is 2. The van der Waals surface area contributed by atoms with E-state index in [0.717, 1.165) is 27.7 Å². The summed E-state index contributed by atoms with van der Waals surface area (Å²) in [6.45, 7) is 2.49. The average Bonchev–Trinajstić information content (AvgIpc) is 2.78. The second kappa shape index (κ2) is 11.0. The van der Waals surface area contributed by atoms with Crippen molar-refractivity contribution in [3.63, 3.8) is 0 Å². The number of aryl methyl sites for hydroxylation is 1. The van der Waals surface area contributed by atoms with Crippen LogP contribution in [0.25, 0.3) is 6.08 Å². The van der Waals surface area contributed by atoms with Crippen LogP contribution in [0.2, 0.25) is 5.02 Å². The molecule has 31 heavy (non-hydrogen) atoms. The SMILES string of the molecule is CCc1ccc(NC(=O)/C=C/c2ccc(OCc3ccc(Cl)cc3)c(OC)c2)c(Br)c1. The predicted molar refractivity (Wildman–Crippen MR) is 130 cm³/mol. The Labute approximate surface area is 196 Å². The van der Waals surface area contributed by atoms with Crippen molar-refractivity contribution in [1.29, 1.82) is 0 Å². The predicted octanol–water partition coefficient (Wildman–Crippen LogP) is 6.90. The van der Waals surface area contributed by atoms with E-state index in [1.54, 1.807) is 13.2 Å². The number of carbonyl (C=O) groups excluding carboxylic acids is 1. The van der Waals surface area contributed by atoms with Gasteiger partial charge in [0, 0.05) is 15.6 Å². The van der Waals surface area contributed by atoms with Gasteiger partial charge in [0.15, 0.2) is 11.5 Å². The molecule has 0 bridgehead atoms. The molecule has 0 radical (unpaired) electrons. The first kappa shape index (κ1) is 22.9. The van der Waals surface area contributed by atoms with Gasteiger partial charge in [0.25, 0.3) is 0 Å². The summed E-state index contributed by atoms with van der Waals surface area (Å²) in [5, 5.41) is 3.56. The summed E-state index contributed by atoms with van der Waals surface area (Å²) in [6, 6.07) is 18.9. The minimum Gasteiger partial charge on any atom is -0.493 e. The molecule has 3 aromatic rings. The zero-order chi connectivity index (χ0) is 22.2. The van der Waals surface area contributed by atoms with E-state index in [2.05, 4.69) is 28.2 Å². The van der Waals surface area contributed by atoms with Crippen LogP contribution in [0.5, 0.6) is 11.5 Å². The van der Waals surface area contributed by atoms with Crippen molar-refractivity contribution in [3.05, 3.63) is 92.9 Å². The van der Waals surface area contributed by atoms with Gasteiger partial charge in [-0.25, -0.2) is 0 Å². The molecule has 0 spiro atoms. The van der Waals surface area contributed by atoms with E-state index in [4.69, 9.17) is 21.1 Å². The lowest BCUT2D eigenvalue weighted by molar-refractivity contribution is -0.111. The molecule has 6 heteroatoms. The summed E-state index contributed by atoms with van der Waals surface area (Å²) in [5.74, 6) is 1.00. The van der Waals surface area contributed by atoms with E-state index in [9.17, 15) is 4.79 Å². The normalized spacial score (nSPS) is 10.8. The largest absolute Gasteiger partial charge is 0.493 e. The Bertz CT molecular complexity index is 1080. The lowest BCUT2D eigenvalue weighted by Gasteiger charge is -2.11. The number of rotatable bonds is 8. The maximum absolute atomic E-state index is 12.3. The minimum atomic E-state index is -0.216. The second-order valence-corrected chi connectivity index (χ2v) is 8.11. The lowest BCUT2D eigenvalue weighted by Crippen LogP contribution is -2.08. The number of anilines is 1. The van der Waals surface area contributed by atoms with Crippen molar-refractivity contribution in [2.24, 2.45) is 0 Å². The smallest absolute Gasteiger partial charge is 0.248 e. The van der Waals surface area contributed by atoms with E-state index in [1.165, 1.54) is 11.6 Å². The second-order valence-electron chi connectivity index (χ2n) is 6.82. The molecule has 0 fully saturated rings. The molecule has 1 N–H and O–H groups in total. The fourth-order valence-corrected chi connectivity index (χ4v) is 3.53. The molecule has 0 aliphatic heterocycles. The van der Waals surface area contributed by atoms with Crippen LogP contribution in [0.3, 0.4) is 0 Å². The Balaban J connectivity index is 1.63. The summed E-state index contributed by atoms with van der Waals surface area (Å²) in [6.07, 6.45) is 4.16. The summed E-state index contributed by atoms with van der Waals surface area (Å²) in [7, 11) is 1.59. The Hall–Kier alpha value is -2.76. The van der Waals surface area contributed by atoms with Gasteiger partial charge in [0.1, 0.15) is 6.61 Å². The highest BCUT2D eigenvalue weighted by Crippen LogP contribution is 2.29. The number of nitrogens with one attached hydrogen (secondary N) is 1. The zero-order valence-corrected chi connectivity index (χ0v) is 19.7. The van der Waals surface area contributed by atoms with E-state index >= 15 is 0 Å². The summed E-state index contributed by atoms with van der Waals surface area (Å²) >= 11 is 9.41. The van der Waals surface area contributed by atoms with E-state index in [0.29, 0.717) is 23.1 Å². The molecule has 1 amide bonds. The first-order chi connectivity index (χ1) is 15.0. The number of benzene rings is 3. The number of ether oxygens (including phenoxy) is 2. The van der Waals surface area contributed by atoms with Crippen LogP contribution in [-0.2, 0) is 17.8 Å². The molecule has 160 valence electrons. The number of hydrogen-bond donors (Lipinski definition) is 1. The van der Waals surface area contributed by atoms with Crippen molar-refractivity contribution in [1.82, 2.24) is 0 Å². The molecule has 0 saturated carbocycles. The topological polar surface area (TPSA) is 47.6 Å². The van der Waals surface area contributed by atoms with Gasteiger partial charge in [-0.1, -0.05) is 42.8 Å². The van der Waals surface area contributed by atoms with Crippen LogP contribution < -0.4 is 14.8 Å². The van der Waals surface area contributed by atoms with Crippen molar-refractivity contribution in [2.75, 3.05) is 12.4 Å². The Kier molecular flexibility index (Phi) is 8.15. The van der Waals surface area contributed by atoms with Gasteiger partial charge < -0.3 is 14.8 Å². The Morgan fingerprint density at radius 3 is 2.45 bits per heavy atom. The van der Waals surface area contributed by atoms with Gasteiger partial charge in [-0.15, -0.1) is 0 Å². The van der Waals surface area contributed by atoms with Crippen LogP contribution in [0.4, 0.5) is 5.69 Å².